The Morgan fingerprint density at radius 2 is 1.12 bits per heavy atom. The lowest BCUT2D eigenvalue weighted by molar-refractivity contribution is -0.121. The topological polar surface area (TPSA) is 106 Å². The first-order valence-electron chi connectivity index (χ1n) is 14.0. The summed E-state index contributed by atoms with van der Waals surface area (Å²) in [6.45, 7) is 2.58. The second kappa shape index (κ2) is 16.5. The van der Waals surface area contributed by atoms with Crippen LogP contribution in [0.5, 0.6) is 11.5 Å². The van der Waals surface area contributed by atoms with Crippen LogP contribution in [0.3, 0.4) is 0 Å². The Hall–Kier alpha value is -3.18. The number of likely N-dealkylation sites (tertiary alicyclic amines) is 1. The molecule has 3 aromatic carbocycles. The summed E-state index contributed by atoms with van der Waals surface area (Å²) in [6.07, 6.45) is 0. The summed E-state index contributed by atoms with van der Waals surface area (Å²) < 4.78 is 10.4. The first-order chi connectivity index (χ1) is 20.4. The Morgan fingerprint density at radius 3 is 1.52 bits per heavy atom. The van der Waals surface area contributed by atoms with Gasteiger partial charge in [0.25, 0.3) is 0 Å². The molecule has 0 spiro atoms. The molecule has 42 heavy (non-hydrogen) atoms. The highest BCUT2D eigenvalue weighted by Gasteiger charge is 2.34. The molecular formula is C32H40N4O4S2. The molecule has 2 atom stereocenters. The van der Waals surface area contributed by atoms with Gasteiger partial charge in [-0.1, -0.05) is 48.5 Å². The third-order valence-corrected chi connectivity index (χ3v) is 9.08. The number of carbonyl (C=O) groups excluding carboxylic acids is 2. The molecule has 1 fully saturated rings. The number of rotatable bonds is 15. The van der Waals surface area contributed by atoms with Crippen molar-refractivity contribution in [2.24, 2.45) is 5.73 Å². The van der Waals surface area contributed by atoms with E-state index in [4.69, 9.17) is 15.2 Å². The Labute approximate surface area is 257 Å². The molecule has 2 amide bonds. The molecule has 1 saturated heterocycles. The molecule has 0 radical (unpaired) electrons. The minimum absolute atomic E-state index is 0.0270. The lowest BCUT2D eigenvalue weighted by atomic mass is 10.1. The van der Waals surface area contributed by atoms with Gasteiger partial charge in [0.2, 0.25) is 11.8 Å². The second-order valence-electron chi connectivity index (χ2n) is 10.2. The fourth-order valence-electron chi connectivity index (χ4n) is 4.81. The van der Waals surface area contributed by atoms with Crippen molar-refractivity contribution in [2.45, 2.75) is 36.7 Å². The molecule has 0 unspecified atom stereocenters. The van der Waals surface area contributed by atoms with Gasteiger partial charge in [0.15, 0.2) is 0 Å². The van der Waals surface area contributed by atoms with Gasteiger partial charge in [-0.25, -0.2) is 0 Å². The fourth-order valence-corrected chi connectivity index (χ4v) is 6.41. The van der Waals surface area contributed by atoms with E-state index in [1.54, 1.807) is 37.7 Å². The van der Waals surface area contributed by atoms with Crippen LogP contribution >= 0.6 is 23.5 Å². The van der Waals surface area contributed by atoms with E-state index in [9.17, 15) is 9.59 Å². The molecular weight excluding hydrogens is 569 g/mol. The van der Waals surface area contributed by atoms with Gasteiger partial charge in [-0.15, -0.1) is 23.5 Å². The Kier molecular flexibility index (Phi) is 12.4. The number of carbonyl (C=O) groups is 2. The SMILES string of the molecule is COc1ccc(CSCC(=O)N[C@@H]2CN(Cc3ccc(CN)cc3)C[C@H]2NC(=O)CSCc2ccc(OC)cc2)cc1. The largest absolute Gasteiger partial charge is 0.497 e. The van der Waals surface area contributed by atoms with Crippen LogP contribution in [0, 0.1) is 0 Å². The maximum absolute atomic E-state index is 12.9. The monoisotopic (exact) mass is 608 g/mol. The first kappa shape index (κ1) is 31.7. The predicted octanol–water partition coefficient (Wildman–Crippen LogP) is 3.81. The van der Waals surface area contributed by atoms with E-state index in [0.717, 1.165) is 46.2 Å². The Balaban J connectivity index is 1.29. The number of nitrogens with one attached hydrogen (secondary N) is 2. The van der Waals surface area contributed by atoms with E-state index in [0.29, 0.717) is 31.1 Å². The zero-order chi connectivity index (χ0) is 29.7. The van der Waals surface area contributed by atoms with Gasteiger partial charge in [-0.2, -0.15) is 0 Å². The van der Waals surface area contributed by atoms with E-state index in [1.807, 2.05) is 60.7 Å². The van der Waals surface area contributed by atoms with Crippen molar-refractivity contribution in [3.63, 3.8) is 0 Å². The maximum atomic E-state index is 12.9. The van der Waals surface area contributed by atoms with Crippen LogP contribution < -0.4 is 25.8 Å². The predicted molar refractivity (Wildman–Crippen MR) is 172 cm³/mol. The number of nitrogens with zero attached hydrogens (tertiary/aromatic N) is 1. The van der Waals surface area contributed by atoms with Gasteiger partial charge >= 0.3 is 0 Å². The van der Waals surface area contributed by atoms with Crippen molar-refractivity contribution in [1.82, 2.24) is 15.5 Å². The van der Waals surface area contributed by atoms with E-state index in [1.165, 1.54) is 5.56 Å². The molecule has 0 aliphatic carbocycles. The van der Waals surface area contributed by atoms with Crippen LogP contribution in [0.25, 0.3) is 0 Å². The number of ether oxygens (including phenoxy) is 2. The zero-order valence-corrected chi connectivity index (χ0v) is 25.8. The normalized spacial score (nSPS) is 16.6. The minimum Gasteiger partial charge on any atom is -0.497 e. The number of nitrogens with two attached hydrogens (primary N) is 1. The fraction of sp³-hybridized carbons (Fsp3) is 0.375. The summed E-state index contributed by atoms with van der Waals surface area (Å²) in [5.74, 6) is 3.74. The molecule has 1 aliphatic heterocycles. The summed E-state index contributed by atoms with van der Waals surface area (Å²) in [6, 6.07) is 23.7. The van der Waals surface area contributed by atoms with Gasteiger partial charge in [-0.3, -0.25) is 14.5 Å². The van der Waals surface area contributed by atoms with Crippen LogP contribution in [0.2, 0.25) is 0 Å². The lowest BCUT2D eigenvalue weighted by Gasteiger charge is -2.21. The highest BCUT2D eigenvalue weighted by atomic mass is 32.2. The van der Waals surface area contributed by atoms with Gasteiger partial charge in [0, 0.05) is 37.7 Å². The van der Waals surface area contributed by atoms with Crippen molar-refractivity contribution in [3.05, 3.63) is 95.1 Å². The summed E-state index contributed by atoms with van der Waals surface area (Å²) in [7, 11) is 3.29. The molecule has 0 aromatic heterocycles. The Morgan fingerprint density at radius 1 is 0.714 bits per heavy atom. The summed E-state index contributed by atoms with van der Waals surface area (Å²) in [5.41, 5.74) is 10.3. The third-order valence-electron chi connectivity index (χ3n) is 7.07. The van der Waals surface area contributed by atoms with E-state index < -0.39 is 0 Å². The molecule has 1 aliphatic rings. The number of hydrogen-bond donors (Lipinski definition) is 3. The van der Waals surface area contributed by atoms with Crippen LogP contribution in [-0.4, -0.2) is 67.6 Å². The number of benzene rings is 3. The number of thioether (sulfide) groups is 2. The molecule has 0 bridgehead atoms. The first-order valence-corrected chi connectivity index (χ1v) is 16.3. The van der Waals surface area contributed by atoms with Crippen LogP contribution in [0.1, 0.15) is 22.3 Å². The second-order valence-corrected chi connectivity index (χ2v) is 12.2. The number of methoxy groups -OCH3 is 2. The van der Waals surface area contributed by atoms with Gasteiger partial charge in [0.05, 0.1) is 37.8 Å². The quantitative estimate of drug-likeness (QED) is 0.239. The average molecular weight is 609 g/mol. The average Bonchev–Trinajstić information content (AvgIpc) is 3.37. The smallest absolute Gasteiger partial charge is 0.230 e. The standard InChI is InChI=1S/C32H40N4O4S2/c1-39-27-11-7-25(8-12-27)19-41-21-31(37)34-29-17-36(16-24-5-3-23(15-33)4-6-24)18-30(29)35-32(38)22-42-20-26-9-13-28(40-2)14-10-26/h3-14,29-30H,15-22,33H2,1-2H3,(H,34,37)(H,35,38)/t29-,30-/m1/s1. The molecule has 1 heterocycles. The molecule has 4 rings (SSSR count). The molecule has 224 valence electrons. The van der Waals surface area contributed by atoms with Crippen molar-refractivity contribution in [3.8, 4) is 11.5 Å². The third kappa shape index (κ3) is 9.97. The maximum Gasteiger partial charge on any atom is 0.230 e. The lowest BCUT2D eigenvalue weighted by Crippen LogP contribution is -2.51. The van der Waals surface area contributed by atoms with E-state index in [-0.39, 0.29) is 23.9 Å². The highest BCUT2D eigenvalue weighted by molar-refractivity contribution is 7.99. The molecule has 10 heteroatoms. The van der Waals surface area contributed by atoms with Gasteiger partial charge in [0.1, 0.15) is 11.5 Å². The minimum atomic E-state index is -0.169. The molecule has 4 N–H and O–H groups in total. The van der Waals surface area contributed by atoms with Crippen LogP contribution in [0.15, 0.2) is 72.8 Å². The summed E-state index contributed by atoms with van der Waals surface area (Å²) >= 11 is 3.14. The zero-order valence-electron chi connectivity index (χ0n) is 24.2. The van der Waals surface area contributed by atoms with Crippen molar-refractivity contribution < 1.29 is 19.1 Å². The van der Waals surface area contributed by atoms with E-state index >= 15 is 0 Å². The molecule has 8 nitrogen and oxygen atoms in total. The summed E-state index contributed by atoms with van der Waals surface area (Å²) in [4.78, 5) is 28.1. The van der Waals surface area contributed by atoms with Gasteiger partial charge in [-0.05, 0) is 46.5 Å². The molecule has 3 aromatic rings. The van der Waals surface area contributed by atoms with Crippen LogP contribution in [-0.2, 0) is 34.2 Å². The molecule has 0 saturated carbocycles. The van der Waals surface area contributed by atoms with Crippen molar-refractivity contribution in [1.29, 1.82) is 0 Å². The van der Waals surface area contributed by atoms with Gasteiger partial charge < -0.3 is 25.8 Å². The van der Waals surface area contributed by atoms with E-state index in [2.05, 4.69) is 27.7 Å². The Bertz CT molecular complexity index is 1200. The van der Waals surface area contributed by atoms with Crippen molar-refractivity contribution in [2.75, 3.05) is 38.8 Å². The van der Waals surface area contributed by atoms with Crippen molar-refractivity contribution >= 4 is 35.3 Å². The van der Waals surface area contributed by atoms with Crippen LogP contribution in [0.4, 0.5) is 0 Å². The summed E-state index contributed by atoms with van der Waals surface area (Å²) in [5, 5.41) is 6.39. The number of amides is 2. The highest BCUT2D eigenvalue weighted by Crippen LogP contribution is 2.20. The number of hydrogen-bond acceptors (Lipinski definition) is 8.